The molecule has 20 heavy (non-hydrogen) atoms. The minimum atomic E-state index is -3.45. The van der Waals surface area contributed by atoms with Crippen LogP contribution in [0.5, 0.6) is 0 Å². The van der Waals surface area contributed by atoms with Gasteiger partial charge in [-0.25, -0.2) is 13.1 Å². The summed E-state index contributed by atoms with van der Waals surface area (Å²) in [6.45, 7) is 0.429. The lowest BCUT2D eigenvalue weighted by molar-refractivity contribution is 0.576. The molecule has 0 saturated heterocycles. The number of sulfonamides is 1. The molecule has 8 heteroatoms. The molecule has 1 heterocycles. The number of rotatable bonds is 6. The van der Waals surface area contributed by atoms with Crippen LogP contribution in [-0.2, 0) is 35.9 Å². The van der Waals surface area contributed by atoms with E-state index in [0.29, 0.717) is 17.9 Å². The molecule has 0 radical (unpaired) electrons. The molecule has 0 aliphatic rings. The van der Waals surface area contributed by atoms with Crippen molar-refractivity contribution in [2.24, 2.45) is 12.8 Å². The van der Waals surface area contributed by atoms with Gasteiger partial charge in [-0.15, -0.1) is 10.2 Å². The van der Waals surface area contributed by atoms with Crippen molar-refractivity contribution in [2.75, 3.05) is 0 Å². The Bertz CT molecular complexity index is 681. The SMILES string of the molecule is Cn1cnnc1CNS(=O)(=O)Cc1ccccc1CN. The Morgan fingerprint density at radius 3 is 2.60 bits per heavy atom. The van der Waals surface area contributed by atoms with Crippen LogP contribution >= 0.6 is 0 Å². The highest BCUT2D eigenvalue weighted by Crippen LogP contribution is 2.11. The number of hydrogen-bond donors (Lipinski definition) is 2. The van der Waals surface area contributed by atoms with Crippen LogP contribution in [0.15, 0.2) is 30.6 Å². The molecule has 0 spiro atoms. The van der Waals surface area contributed by atoms with Gasteiger partial charge in [0, 0.05) is 13.6 Å². The third-order valence-electron chi connectivity index (χ3n) is 2.94. The van der Waals surface area contributed by atoms with Gasteiger partial charge in [0.25, 0.3) is 0 Å². The Hall–Kier alpha value is -1.77. The maximum atomic E-state index is 12.1. The zero-order valence-electron chi connectivity index (χ0n) is 11.2. The number of aromatic nitrogens is 3. The number of hydrogen-bond acceptors (Lipinski definition) is 5. The topological polar surface area (TPSA) is 103 Å². The van der Waals surface area contributed by atoms with Crippen molar-refractivity contribution in [3.8, 4) is 0 Å². The summed E-state index contributed by atoms with van der Waals surface area (Å²) < 4.78 is 28.3. The van der Waals surface area contributed by atoms with Gasteiger partial charge in [-0.2, -0.15) is 0 Å². The van der Waals surface area contributed by atoms with Crippen LogP contribution in [0.3, 0.4) is 0 Å². The van der Waals surface area contributed by atoms with Gasteiger partial charge in [-0.05, 0) is 11.1 Å². The van der Waals surface area contributed by atoms with Crippen molar-refractivity contribution in [3.05, 3.63) is 47.5 Å². The molecule has 0 fully saturated rings. The lowest BCUT2D eigenvalue weighted by Crippen LogP contribution is -2.26. The van der Waals surface area contributed by atoms with Crippen molar-refractivity contribution in [1.82, 2.24) is 19.5 Å². The summed E-state index contributed by atoms with van der Waals surface area (Å²) in [6, 6.07) is 7.23. The van der Waals surface area contributed by atoms with Crippen LogP contribution in [0.4, 0.5) is 0 Å². The smallest absolute Gasteiger partial charge is 0.216 e. The van der Waals surface area contributed by atoms with Crippen molar-refractivity contribution in [2.45, 2.75) is 18.8 Å². The fourth-order valence-electron chi connectivity index (χ4n) is 1.79. The summed E-state index contributed by atoms with van der Waals surface area (Å²) >= 11 is 0. The first-order valence-corrected chi connectivity index (χ1v) is 7.74. The van der Waals surface area contributed by atoms with E-state index >= 15 is 0 Å². The van der Waals surface area contributed by atoms with Crippen LogP contribution in [0.2, 0.25) is 0 Å². The minimum Gasteiger partial charge on any atom is -0.326 e. The third kappa shape index (κ3) is 3.62. The van der Waals surface area contributed by atoms with Crippen molar-refractivity contribution < 1.29 is 8.42 Å². The highest BCUT2D eigenvalue weighted by Gasteiger charge is 2.14. The van der Waals surface area contributed by atoms with E-state index in [2.05, 4.69) is 14.9 Å². The molecule has 0 saturated carbocycles. The molecule has 3 N–H and O–H groups in total. The van der Waals surface area contributed by atoms with Gasteiger partial charge in [0.15, 0.2) is 0 Å². The number of nitrogens with one attached hydrogen (secondary N) is 1. The van der Waals surface area contributed by atoms with Gasteiger partial charge in [0.1, 0.15) is 12.2 Å². The summed E-state index contributed by atoms with van der Waals surface area (Å²) in [5.41, 5.74) is 7.14. The summed E-state index contributed by atoms with van der Waals surface area (Å²) in [5.74, 6) is 0.457. The second kappa shape index (κ2) is 6.12. The second-order valence-corrected chi connectivity index (χ2v) is 6.22. The molecule has 7 nitrogen and oxygen atoms in total. The lowest BCUT2D eigenvalue weighted by atomic mass is 10.1. The average Bonchev–Trinajstić information content (AvgIpc) is 2.82. The van der Waals surface area contributed by atoms with Crippen LogP contribution < -0.4 is 10.5 Å². The maximum Gasteiger partial charge on any atom is 0.216 e. The number of benzene rings is 1. The van der Waals surface area contributed by atoms with Gasteiger partial charge in [0.05, 0.1) is 12.3 Å². The predicted molar refractivity (Wildman–Crippen MR) is 74.8 cm³/mol. The average molecular weight is 295 g/mol. The summed E-state index contributed by atoms with van der Waals surface area (Å²) in [4.78, 5) is 0. The van der Waals surface area contributed by atoms with E-state index in [1.165, 1.54) is 6.33 Å². The van der Waals surface area contributed by atoms with Crippen LogP contribution in [0.25, 0.3) is 0 Å². The Balaban J connectivity index is 2.06. The number of nitrogens with zero attached hydrogens (tertiary/aromatic N) is 3. The van der Waals surface area contributed by atoms with E-state index in [0.717, 1.165) is 5.56 Å². The summed E-state index contributed by atoms with van der Waals surface area (Å²) in [5, 5.41) is 7.52. The molecule has 0 aliphatic heterocycles. The van der Waals surface area contributed by atoms with E-state index in [9.17, 15) is 8.42 Å². The Labute approximate surface area is 117 Å². The number of aryl methyl sites for hydroxylation is 1. The Kier molecular flexibility index (Phi) is 4.48. The lowest BCUT2D eigenvalue weighted by Gasteiger charge is -2.09. The molecule has 1 aromatic carbocycles. The van der Waals surface area contributed by atoms with Gasteiger partial charge in [0.2, 0.25) is 10.0 Å². The first-order chi connectivity index (χ1) is 9.52. The molecule has 0 bridgehead atoms. The molecule has 0 unspecified atom stereocenters. The minimum absolute atomic E-state index is 0.0990. The van der Waals surface area contributed by atoms with Gasteiger partial charge in [-0.3, -0.25) is 0 Å². The van der Waals surface area contributed by atoms with E-state index < -0.39 is 10.0 Å². The van der Waals surface area contributed by atoms with Gasteiger partial charge >= 0.3 is 0 Å². The van der Waals surface area contributed by atoms with E-state index in [4.69, 9.17) is 5.73 Å². The maximum absolute atomic E-state index is 12.1. The van der Waals surface area contributed by atoms with Crippen LogP contribution in [-0.4, -0.2) is 23.2 Å². The van der Waals surface area contributed by atoms with Gasteiger partial charge in [-0.1, -0.05) is 24.3 Å². The van der Waals surface area contributed by atoms with Crippen molar-refractivity contribution in [3.63, 3.8) is 0 Å². The molecular formula is C12H17N5O2S. The first kappa shape index (κ1) is 14.6. The molecule has 108 valence electrons. The van der Waals surface area contributed by atoms with Crippen LogP contribution in [0, 0.1) is 0 Å². The molecule has 2 rings (SSSR count). The quantitative estimate of drug-likeness (QED) is 0.774. The molecule has 0 atom stereocenters. The molecule has 2 aromatic rings. The van der Waals surface area contributed by atoms with E-state index in [-0.39, 0.29) is 12.3 Å². The summed E-state index contributed by atoms with van der Waals surface area (Å²) in [6.07, 6.45) is 1.52. The van der Waals surface area contributed by atoms with Crippen molar-refractivity contribution >= 4 is 10.0 Å². The highest BCUT2D eigenvalue weighted by molar-refractivity contribution is 7.88. The Morgan fingerprint density at radius 2 is 2.00 bits per heavy atom. The molecule has 0 aliphatic carbocycles. The second-order valence-electron chi connectivity index (χ2n) is 4.41. The monoisotopic (exact) mass is 295 g/mol. The Morgan fingerprint density at radius 1 is 1.30 bits per heavy atom. The van der Waals surface area contributed by atoms with E-state index in [1.54, 1.807) is 23.7 Å². The zero-order valence-corrected chi connectivity index (χ0v) is 12.0. The fraction of sp³-hybridized carbons (Fsp3) is 0.333. The van der Waals surface area contributed by atoms with Crippen LogP contribution in [0.1, 0.15) is 17.0 Å². The predicted octanol–water partition coefficient (Wildman–Crippen LogP) is -0.107. The highest BCUT2D eigenvalue weighted by atomic mass is 32.2. The number of nitrogens with two attached hydrogens (primary N) is 1. The molecule has 0 amide bonds. The van der Waals surface area contributed by atoms with E-state index in [1.807, 2.05) is 12.1 Å². The standard InChI is InChI=1S/C12H17N5O2S/c1-17-9-14-16-12(17)7-15-20(18,19)8-11-5-3-2-4-10(11)6-13/h2-5,9,15H,6-8,13H2,1H3. The first-order valence-electron chi connectivity index (χ1n) is 6.09. The third-order valence-corrected chi connectivity index (χ3v) is 4.21. The summed E-state index contributed by atoms with van der Waals surface area (Å²) in [7, 11) is -1.69. The zero-order chi connectivity index (χ0) is 14.6. The van der Waals surface area contributed by atoms with Gasteiger partial charge < -0.3 is 10.3 Å². The largest absolute Gasteiger partial charge is 0.326 e. The fourth-order valence-corrected chi connectivity index (χ4v) is 2.94. The normalized spacial score (nSPS) is 11.7. The molecule has 1 aromatic heterocycles. The molecular weight excluding hydrogens is 278 g/mol. The van der Waals surface area contributed by atoms with Crippen molar-refractivity contribution in [1.29, 1.82) is 0 Å².